The molecule has 0 spiro atoms. The van der Waals surface area contributed by atoms with Crippen LogP contribution in [0.4, 0.5) is 0 Å². The zero-order chi connectivity index (χ0) is 11.1. The molecule has 0 bridgehead atoms. The first-order valence-electron chi connectivity index (χ1n) is 4.94. The molecule has 0 fully saturated rings. The number of nitrogens with one attached hydrogen (secondary N) is 1. The normalized spacial score (nSPS) is 11.4. The van der Waals surface area contributed by atoms with Gasteiger partial charge in [-0.1, -0.05) is 0 Å². The van der Waals surface area contributed by atoms with E-state index in [1.54, 1.807) is 0 Å². The van der Waals surface area contributed by atoms with Crippen molar-refractivity contribution >= 4 is 39.1 Å². The van der Waals surface area contributed by atoms with Crippen molar-refractivity contribution in [1.29, 1.82) is 0 Å². The summed E-state index contributed by atoms with van der Waals surface area (Å²) in [5, 5.41) is 12.5. The molecule has 3 heterocycles. The van der Waals surface area contributed by atoms with Gasteiger partial charge in [-0.25, -0.2) is 4.52 Å². The average Bonchev–Trinajstić information content (AvgIpc) is 2.79. The highest BCUT2D eigenvalue weighted by molar-refractivity contribution is 14.1. The van der Waals surface area contributed by atoms with Crippen molar-refractivity contribution in [2.45, 2.75) is 6.92 Å². The lowest BCUT2D eigenvalue weighted by Crippen LogP contribution is -1.94. The molecular formula is C10H9IN4O. The summed E-state index contributed by atoms with van der Waals surface area (Å²) in [6.45, 7) is 2.62. The molecule has 0 atom stereocenters. The van der Waals surface area contributed by atoms with Crippen molar-refractivity contribution in [3.8, 4) is 5.75 Å². The van der Waals surface area contributed by atoms with E-state index in [1.807, 2.05) is 29.8 Å². The molecule has 0 aliphatic rings. The number of aromatic nitrogens is 4. The van der Waals surface area contributed by atoms with E-state index in [-0.39, 0.29) is 0 Å². The molecule has 0 amide bonds. The van der Waals surface area contributed by atoms with Crippen molar-refractivity contribution in [1.82, 2.24) is 19.8 Å². The molecule has 0 aromatic carbocycles. The number of fused-ring (bicyclic) bond motifs is 3. The second-order valence-electron chi connectivity index (χ2n) is 3.37. The second-order valence-corrected chi connectivity index (χ2v) is 4.39. The van der Waals surface area contributed by atoms with Crippen LogP contribution >= 0.6 is 22.6 Å². The van der Waals surface area contributed by atoms with Gasteiger partial charge in [0.15, 0.2) is 5.65 Å². The van der Waals surface area contributed by atoms with Gasteiger partial charge in [-0.05, 0) is 41.6 Å². The number of aromatic amines is 1. The number of rotatable bonds is 2. The minimum absolute atomic E-state index is 0.656. The van der Waals surface area contributed by atoms with Gasteiger partial charge in [0.05, 0.1) is 23.7 Å². The highest BCUT2D eigenvalue weighted by Crippen LogP contribution is 2.24. The molecule has 1 N–H and O–H groups in total. The molecule has 6 heteroatoms. The van der Waals surface area contributed by atoms with E-state index in [9.17, 15) is 0 Å². The van der Waals surface area contributed by atoms with Crippen LogP contribution in [0.2, 0.25) is 0 Å². The maximum atomic E-state index is 5.43. The molecule has 0 saturated heterocycles. The summed E-state index contributed by atoms with van der Waals surface area (Å²) in [5.41, 5.74) is 1.84. The van der Waals surface area contributed by atoms with Crippen LogP contribution in [0.15, 0.2) is 18.3 Å². The van der Waals surface area contributed by atoms with Crippen molar-refractivity contribution in [3.63, 3.8) is 0 Å². The first-order chi connectivity index (χ1) is 7.79. The lowest BCUT2D eigenvalue weighted by molar-refractivity contribution is 0.338. The third kappa shape index (κ3) is 1.36. The average molecular weight is 328 g/mol. The Hall–Kier alpha value is -1.31. The Morgan fingerprint density at radius 3 is 3.19 bits per heavy atom. The summed E-state index contributed by atoms with van der Waals surface area (Å²) in [5.74, 6) is 0.822. The summed E-state index contributed by atoms with van der Waals surface area (Å²) in [6.07, 6.45) is 1.88. The number of pyridine rings is 1. The molecular weight excluding hydrogens is 319 g/mol. The number of hydrogen-bond donors (Lipinski definition) is 1. The first kappa shape index (κ1) is 9.88. The molecule has 3 aromatic rings. The van der Waals surface area contributed by atoms with Gasteiger partial charge < -0.3 is 4.74 Å². The van der Waals surface area contributed by atoms with E-state index in [4.69, 9.17) is 4.74 Å². The molecule has 3 rings (SSSR count). The lowest BCUT2D eigenvalue weighted by atomic mass is 10.3. The second kappa shape index (κ2) is 3.62. The van der Waals surface area contributed by atoms with E-state index in [0.29, 0.717) is 6.61 Å². The third-order valence-corrected chi connectivity index (χ3v) is 3.16. The molecule has 0 unspecified atom stereocenters. The summed E-state index contributed by atoms with van der Waals surface area (Å²) in [6, 6.07) is 3.95. The number of ether oxygens (including phenoxy) is 1. The fourth-order valence-corrected chi connectivity index (χ4v) is 2.37. The molecule has 0 saturated carbocycles. The van der Waals surface area contributed by atoms with E-state index < -0.39 is 0 Å². The van der Waals surface area contributed by atoms with Crippen LogP contribution in [0.3, 0.4) is 0 Å². The summed E-state index contributed by atoms with van der Waals surface area (Å²) >= 11 is 2.20. The fraction of sp³-hybridized carbons (Fsp3) is 0.200. The topological polar surface area (TPSA) is 55.2 Å². The summed E-state index contributed by atoms with van der Waals surface area (Å²) < 4.78 is 8.18. The van der Waals surface area contributed by atoms with Crippen LogP contribution in [0.1, 0.15) is 6.92 Å². The summed E-state index contributed by atoms with van der Waals surface area (Å²) in [7, 11) is 0. The largest absolute Gasteiger partial charge is 0.492 e. The van der Waals surface area contributed by atoms with E-state index in [2.05, 4.69) is 37.9 Å². The Kier molecular flexibility index (Phi) is 2.23. The monoisotopic (exact) mass is 328 g/mol. The molecule has 3 aromatic heterocycles. The predicted octanol–water partition coefficient (Wildman–Crippen LogP) is 2.21. The molecule has 0 aliphatic carbocycles. The van der Waals surface area contributed by atoms with Crippen LogP contribution in [0, 0.1) is 3.70 Å². The quantitative estimate of drug-likeness (QED) is 0.734. The standard InChI is InChI=1S/C10H9IN4O/c1-2-16-6-3-4-7-8-9(11)12-13-10(8)14-15(7)5-6/h3-5H,2H2,1H3,(H,13,14). The molecule has 16 heavy (non-hydrogen) atoms. The molecule has 5 nitrogen and oxygen atoms in total. The number of H-pyrrole nitrogens is 1. The summed E-state index contributed by atoms with van der Waals surface area (Å²) in [4.78, 5) is 0. The van der Waals surface area contributed by atoms with Gasteiger partial charge in [-0.3, -0.25) is 5.10 Å². The third-order valence-electron chi connectivity index (χ3n) is 2.38. The number of nitrogens with zero attached hydrogens (tertiary/aromatic N) is 3. The Labute approximate surface area is 105 Å². The Balaban J connectivity index is 2.29. The van der Waals surface area contributed by atoms with Crippen LogP contribution in [-0.4, -0.2) is 26.4 Å². The maximum absolute atomic E-state index is 5.43. The van der Waals surface area contributed by atoms with Gasteiger partial charge in [0.1, 0.15) is 9.45 Å². The first-order valence-corrected chi connectivity index (χ1v) is 6.02. The van der Waals surface area contributed by atoms with E-state index in [0.717, 1.165) is 26.0 Å². The van der Waals surface area contributed by atoms with Gasteiger partial charge in [-0.2, -0.15) is 5.10 Å². The smallest absolute Gasteiger partial charge is 0.179 e. The van der Waals surface area contributed by atoms with Crippen molar-refractivity contribution in [2.24, 2.45) is 0 Å². The molecule has 0 aliphatic heterocycles. The maximum Gasteiger partial charge on any atom is 0.179 e. The fourth-order valence-electron chi connectivity index (χ4n) is 1.72. The Morgan fingerprint density at radius 1 is 1.50 bits per heavy atom. The van der Waals surface area contributed by atoms with Crippen molar-refractivity contribution < 1.29 is 4.74 Å². The van der Waals surface area contributed by atoms with Crippen molar-refractivity contribution in [3.05, 3.63) is 22.0 Å². The molecule has 82 valence electrons. The Bertz CT molecular complexity index is 657. The van der Waals surface area contributed by atoms with E-state index in [1.165, 1.54) is 0 Å². The Morgan fingerprint density at radius 2 is 2.38 bits per heavy atom. The minimum Gasteiger partial charge on any atom is -0.492 e. The number of halogens is 1. The van der Waals surface area contributed by atoms with Crippen molar-refractivity contribution in [2.75, 3.05) is 6.61 Å². The minimum atomic E-state index is 0.656. The van der Waals surface area contributed by atoms with Crippen LogP contribution in [0.25, 0.3) is 16.6 Å². The number of hydrogen-bond acceptors (Lipinski definition) is 3. The van der Waals surface area contributed by atoms with E-state index >= 15 is 0 Å². The van der Waals surface area contributed by atoms with Gasteiger partial charge in [-0.15, -0.1) is 5.10 Å². The molecule has 0 radical (unpaired) electrons. The van der Waals surface area contributed by atoms with Crippen LogP contribution in [-0.2, 0) is 0 Å². The van der Waals surface area contributed by atoms with Gasteiger partial charge >= 0.3 is 0 Å². The van der Waals surface area contributed by atoms with Gasteiger partial charge in [0, 0.05) is 0 Å². The van der Waals surface area contributed by atoms with Gasteiger partial charge in [0.25, 0.3) is 0 Å². The van der Waals surface area contributed by atoms with Crippen LogP contribution in [0.5, 0.6) is 5.75 Å². The zero-order valence-electron chi connectivity index (χ0n) is 8.57. The zero-order valence-corrected chi connectivity index (χ0v) is 10.7. The highest BCUT2D eigenvalue weighted by atomic mass is 127. The highest BCUT2D eigenvalue weighted by Gasteiger charge is 2.11. The van der Waals surface area contributed by atoms with Crippen LogP contribution < -0.4 is 4.74 Å². The van der Waals surface area contributed by atoms with Gasteiger partial charge in [0.2, 0.25) is 0 Å². The SMILES string of the molecule is CCOc1ccc2c3c(I)n[nH]c3nn2c1. The lowest BCUT2D eigenvalue weighted by Gasteiger charge is -2.02. The predicted molar refractivity (Wildman–Crippen MR) is 68.7 cm³/mol.